The monoisotopic (exact) mass is 560 g/mol. The average molecular weight is 561 g/mol. The van der Waals surface area contributed by atoms with Crippen molar-refractivity contribution in [1.82, 2.24) is 5.32 Å². The third-order valence-corrected chi connectivity index (χ3v) is 8.70. The number of nitrogens with one attached hydrogen (secondary N) is 1. The lowest BCUT2D eigenvalue weighted by atomic mass is 9.86. The van der Waals surface area contributed by atoms with Gasteiger partial charge in [-0.2, -0.15) is 0 Å². The van der Waals surface area contributed by atoms with E-state index in [0.29, 0.717) is 16.7 Å². The van der Waals surface area contributed by atoms with Gasteiger partial charge >= 0.3 is 5.97 Å². The van der Waals surface area contributed by atoms with Crippen LogP contribution in [0.4, 0.5) is 5.69 Å². The maximum absolute atomic E-state index is 13.3. The van der Waals surface area contributed by atoms with Crippen LogP contribution in [0.15, 0.2) is 91.0 Å². The minimum atomic E-state index is -0.927. The van der Waals surface area contributed by atoms with Crippen molar-refractivity contribution in [2.45, 2.75) is 71.5 Å². The zero-order valence-electron chi connectivity index (χ0n) is 25.3. The summed E-state index contributed by atoms with van der Waals surface area (Å²) in [6.45, 7) is 13.8. The molecule has 42 heavy (non-hydrogen) atoms. The molecule has 0 spiro atoms. The predicted molar refractivity (Wildman–Crippen MR) is 170 cm³/mol. The van der Waals surface area contributed by atoms with Crippen LogP contribution in [0.3, 0.4) is 0 Å². The summed E-state index contributed by atoms with van der Waals surface area (Å²) in [4.78, 5) is 27.3. The van der Waals surface area contributed by atoms with Crippen molar-refractivity contribution in [3.05, 3.63) is 124 Å². The van der Waals surface area contributed by atoms with E-state index in [1.54, 1.807) is 12.1 Å². The lowest BCUT2D eigenvalue weighted by Gasteiger charge is -2.26. The molecule has 0 radical (unpaired) electrons. The van der Waals surface area contributed by atoms with E-state index in [1.165, 1.54) is 11.1 Å². The van der Waals surface area contributed by atoms with E-state index >= 15 is 0 Å². The number of benzene rings is 4. The highest BCUT2D eigenvalue weighted by Crippen LogP contribution is 2.42. The number of amides is 1. The van der Waals surface area contributed by atoms with Crippen molar-refractivity contribution in [3.63, 3.8) is 0 Å². The molecule has 0 bridgehead atoms. The summed E-state index contributed by atoms with van der Waals surface area (Å²) in [5.74, 6) is -0.721. The molecule has 0 aliphatic carbocycles. The first-order valence-electron chi connectivity index (χ1n) is 14.7. The van der Waals surface area contributed by atoms with E-state index in [9.17, 15) is 14.7 Å². The first kappa shape index (κ1) is 29.1. The molecule has 1 aliphatic heterocycles. The van der Waals surface area contributed by atoms with Crippen LogP contribution in [0, 0.1) is 0 Å². The van der Waals surface area contributed by atoms with E-state index in [-0.39, 0.29) is 29.3 Å². The Kier molecular flexibility index (Phi) is 7.96. The van der Waals surface area contributed by atoms with Crippen LogP contribution in [-0.2, 0) is 12.0 Å². The molecule has 0 fully saturated rings. The number of fused-ring (bicyclic) bond motifs is 1. The van der Waals surface area contributed by atoms with Gasteiger partial charge < -0.3 is 15.3 Å². The van der Waals surface area contributed by atoms with Gasteiger partial charge in [0.2, 0.25) is 0 Å². The number of carboxylic acids is 1. The number of anilines is 1. The third kappa shape index (κ3) is 5.82. The van der Waals surface area contributed by atoms with Gasteiger partial charge in [-0.25, -0.2) is 4.79 Å². The zero-order chi connectivity index (χ0) is 30.2. The van der Waals surface area contributed by atoms with Crippen molar-refractivity contribution >= 4 is 17.6 Å². The Balaban J connectivity index is 1.30. The molecule has 2 N–H and O–H groups in total. The Morgan fingerprint density at radius 3 is 2.21 bits per heavy atom. The maximum atomic E-state index is 13.3. The fourth-order valence-electron chi connectivity index (χ4n) is 5.84. The molecule has 2 unspecified atom stereocenters. The van der Waals surface area contributed by atoms with Gasteiger partial charge in [0.05, 0.1) is 11.6 Å². The van der Waals surface area contributed by atoms with E-state index in [4.69, 9.17) is 0 Å². The lowest BCUT2D eigenvalue weighted by Crippen LogP contribution is -2.30. The van der Waals surface area contributed by atoms with Gasteiger partial charge in [-0.15, -0.1) is 0 Å². The fraction of sp³-hybridized carbons (Fsp3) is 0.297. The molecule has 1 aliphatic rings. The first-order chi connectivity index (χ1) is 19.9. The van der Waals surface area contributed by atoms with Crippen molar-refractivity contribution in [1.29, 1.82) is 0 Å². The largest absolute Gasteiger partial charge is 0.478 e. The summed E-state index contributed by atoms with van der Waals surface area (Å²) in [5, 5.41) is 12.7. The van der Waals surface area contributed by atoms with Gasteiger partial charge in [0, 0.05) is 29.8 Å². The van der Waals surface area contributed by atoms with Crippen molar-refractivity contribution in [3.8, 4) is 11.1 Å². The Labute approximate surface area is 249 Å². The van der Waals surface area contributed by atoms with E-state index in [2.05, 4.69) is 87.3 Å². The molecule has 4 aromatic carbocycles. The normalized spacial score (nSPS) is 17.0. The number of aromatic carboxylic acids is 1. The second-order valence-electron chi connectivity index (χ2n) is 12.5. The summed E-state index contributed by atoms with van der Waals surface area (Å²) in [7, 11) is 0. The highest BCUT2D eigenvalue weighted by atomic mass is 16.4. The summed E-state index contributed by atoms with van der Waals surface area (Å²) in [6, 6.07) is 29.9. The maximum Gasteiger partial charge on any atom is 0.336 e. The van der Waals surface area contributed by atoms with Crippen LogP contribution in [0.1, 0.15) is 96.5 Å². The second-order valence-corrected chi connectivity index (χ2v) is 12.5. The van der Waals surface area contributed by atoms with Gasteiger partial charge in [-0.05, 0) is 76.9 Å². The van der Waals surface area contributed by atoms with Gasteiger partial charge in [-0.3, -0.25) is 4.79 Å². The van der Waals surface area contributed by atoms with E-state index in [1.807, 2.05) is 43.3 Å². The summed E-state index contributed by atoms with van der Waals surface area (Å²) >= 11 is 0. The number of carbonyl (C=O) groups is 2. The minimum Gasteiger partial charge on any atom is -0.478 e. The summed E-state index contributed by atoms with van der Waals surface area (Å²) < 4.78 is 0. The lowest BCUT2D eigenvalue weighted by molar-refractivity contribution is 0.0697. The topological polar surface area (TPSA) is 69.6 Å². The molecule has 0 saturated carbocycles. The molecule has 0 aromatic heterocycles. The molecular weight excluding hydrogens is 520 g/mol. The van der Waals surface area contributed by atoms with Crippen LogP contribution in [0.25, 0.3) is 11.1 Å². The van der Waals surface area contributed by atoms with Crippen LogP contribution in [0.5, 0.6) is 0 Å². The van der Waals surface area contributed by atoms with E-state index in [0.717, 1.165) is 28.9 Å². The van der Waals surface area contributed by atoms with E-state index < -0.39 is 5.97 Å². The number of hydrogen-bond donors (Lipinski definition) is 2. The van der Waals surface area contributed by atoms with Crippen molar-refractivity contribution in [2.24, 2.45) is 0 Å². The number of nitrogens with zero attached hydrogens (tertiary/aromatic N) is 1. The smallest absolute Gasteiger partial charge is 0.336 e. The van der Waals surface area contributed by atoms with Gasteiger partial charge in [-0.1, -0.05) is 94.4 Å². The molecule has 1 amide bonds. The predicted octanol–water partition coefficient (Wildman–Crippen LogP) is 8.35. The second kappa shape index (κ2) is 11.5. The molecular formula is C37H40N2O3. The number of hydrogen-bond acceptors (Lipinski definition) is 3. The zero-order valence-corrected chi connectivity index (χ0v) is 25.3. The Morgan fingerprint density at radius 2 is 1.57 bits per heavy atom. The summed E-state index contributed by atoms with van der Waals surface area (Å²) in [6.07, 6.45) is 0. The highest BCUT2D eigenvalue weighted by Gasteiger charge is 2.33. The average Bonchev–Trinajstić information content (AvgIpc) is 3.21. The molecule has 4 aromatic rings. The first-order valence-corrected chi connectivity index (χ1v) is 14.7. The standard InChI is InChI=1S/C37H40N2O3/c1-23-25(3)39(22-26-11-13-28(14-12-26)31-9-7-8-10-32(31)36(41)42)34-20-17-29(21-33(23)34)35(40)38-24(2)27-15-18-30(19-16-27)37(4,5)6/h7-21,23-25H,22H2,1-6H3,(H,38,40)(H,41,42)/t23?,24-,25?/m0/s1. The molecule has 1 heterocycles. The quantitative estimate of drug-likeness (QED) is 0.238. The Bertz CT molecular complexity index is 1600. The third-order valence-electron chi connectivity index (χ3n) is 8.70. The molecule has 5 rings (SSSR count). The van der Waals surface area contributed by atoms with Crippen LogP contribution in [-0.4, -0.2) is 23.0 Å². The highest BCUT2D eigenvalue weighted by molar-refractivity contribution is 5.96. The molecule has 3 atom stereocenters. The number of carboxylic acid groups (broad SMARTS) is 1. The Hall–Kier alpha value is -4.38. The van der Waals surface area contributed by atoms with Gasteiger partial charge in [0.15, 0.2) is 0 Å². The number of carbonyl (C=O) groups excluding carboxylic acids is 1. The van der Waals surface area contributed by atoms with Gasteiger partial charge in [0.1, 0.15) is 0 Å². The minimum absolute atomic E-state index is 0.0688. The molecule has 5 heteroatoms. The van der Waals surface area contributed by atoms with Crippen molar-refractivity contribution in [2.75, 3.05) is 4.90 Å². The summed E-state index contributed by atoms with van der Waals surface area (Å²) in [5.41, 5.74) is 8.51. The number of rotatable bonds is 7. The molecule has 5 nitrogen and oxygen atoms in total. The Morgan fingerprint density at radius 1 is 0.905 bits per heavy atom. The fourth-order valence-corrected chi connectivity index (χ4v) is 5.84. The van der Waals surface area contributed by atoms with Crippen LogP contribution >= 0.6 is 0 Å². The van der Waals surface area contributed by atoms with Crippen LogP contribution < -0.4 is 10.2 Å². The SMILES string of the molecule is CC1c2cc(C(=O)N[C@@H](C)c3ccc(C(C)(C)C)cc3)ccc2N(Cc2ccc(-c3ccccc3C(=O)O)cc2)C1C. The van der Waals surface area contributed by atoms with Gasteiger partial charge in [0.25, 0.3) is 5.91 Å². The molecule has 0 saturated heterocycles. The van der Waals surface area contributed by atoms with Crippen LogP contribution in [0.2, 0.25) is 0 Å². The molecule has 216 valence electrons. The van der Waals surface area contributed by atoms with Crippen molar-refractivity contribution < 1.29 is 14.7 Å².